The van der Waals surface area contributed by atoms with Crippen LogP contribution in [0.5, 0.6) is 0 Å². The molecule has 1 unspecified atom stereocenters. The second-order valence-corrected chi connectivity index (χ2v) is 8.47. The maximum atomic E-state index is 12.2. The van der Waals surface area contributed by atoms with E-state index in [9.17, 15) is 8.42 Å². The van der Waals surface area contributed by atoms with Crippen molar-refractivity contribution in [2.75, 3.05) is 12.3 Å². The molecule has 7 heteroatoms. The van der Waals surface area contributed by atoms with Crippen molar-refractivity contribution in [3.8, 4) is 0 Å². The number of hydrogen-bond donors (Lipinski definition) is 1. The molecule has 1 aromatic rings. The fourth-order valence-electron chi connectivity index (χ4n) is 3.44. The van der Waals surface area contributed by atoms with Crippen LogP contribution in [0.1, 0.15) is 44.1 Å². The smallest absolute Gasteiger partial charge is 0.214 e. The van der Waals surface area contributed by atoms with Gasteiger partial charge >= 0.3 is 0 Å². The first-order chi connectivity index (χ1) is 10.5. The van der Waals surface area contributed by atoms with Crippen molar-refractivity contribution in [3.63, 3.8) is 0 Å². The van der Waals surface area contributed by atoms with Crippen LogP contribution in [0.2, 0.25) is 0 Å². The summed E-state index contributed by atoms with van der Waals surface area (Å²) in [6.07, 6.45) is 10.6. The van der Waals surface area contributed by atoms with Gasteiger partial charge in [-0.05, 0) is 50.5 Å². The highest BCUT2D eigenvalue weighted by molar-refractivity contribution is 7.89. The monoisotopic (exact) mass is 327 g/mol. The second kappa shape index (κ2) is 6.29. The summed E-state index contributed by atoms with van der Waals surface area (Å²) in [5.41, 5.74) is 1.04. The topological polar surface area (TPSA) is 73.2 Å². The zero-order chi connectivity index (χ0) is 15.6. The number of ether oxygens (including phenoxy) is 1. The Bertz CT molecular complexity index is 607. The van der Waals surface area contributed by atoms with E-state index in [1.165, 1.54) is 6.42 Å². The lowest BCUT2D eigenvalue weighted by atomic mass is 9.74. The number of nitrogens with zero attached hydrogens (tertiary/aromatic N) is 2. The molecule has 22 heavy (non-hydrogen) atoms. The SMILES string of the molecule is Cn1cc(CCNS(=O)(=O)CC2CCCC3(CCC3)O2)cn1. The molecule has 1 saturated heterocycles. The van der Waals surface area contributed by atoms with E-state index in [0.717, 1.165) is 37.7 Å². The van der Waals surface area contributed by atoms with Crippen molar-refractivity contribution in [3.05, 3.63) is 18.0 Å². The summed E-state index contributed by atoms with van der Waals surface area (Å²) >= 11 is 0. The highest BCUT2D eigenvalue weighted by Crippen LogP contribution is 2.44. The van der Waals surface area contributed by atoms with Gasteiger partial charge in [-0.3, -0.25) is 4.68 Å². The molecule has 1 atom stereocenters. The number of rotatable bonds is 6. The van der Waals surface area contributed by atoms with Crippen LogP contribution in [-0.2, 0) is 28.2 Å². The molecule has 0 aromatic carbocycles. The normalized spacial score (nSPS) is 24.3. The summed E-state index contributed by atoms with van der Waals surface area (Å²) in [5, 5.41) is 4.08. The van der Waals surface area contributed by atoms with Gasteiger partial charge in [0.2, 0.25) is 10.0 Å². The summed E-state index contributed by atoms with van der Waals surface area (Å²) in [6.45, 7) is 0.409. The zero-order valence-electron chi connectivity index (χ0n) is 13.1. The highest BCUT2D eigenvalue weighted by atomic mass is 32.2. The third-order valence-electron chi connectivity index (χ3n) is 4.74. The van der Waals surface area contributed by atoms with E-state index in [-0.39, 0.29) is 17.5 Å². The molecule has 6 nitrogen and oxygen atoms in total. The molecule has 2 heterocycles. The molecule has 1 aliphatic heterocycles. The van der Waals surface area contributed by atoms with Crippen LogP contribution >= 0.6 is 0 Å². The van der Waals surface area contributed by atoms with Crippen LogP contribution in [0.25, 0.3) is 0 Å². The molecule has 0 bridgehead atoms. The van der Waals surface area contributed by atoms with E-state index in [1.807, 2.05) is 13.2 Å². The molecule has 0 amide bonds. The predicted octanol–water partition coefficient (Wildman–Crippen LogP) is 1.37. The zero-order valence-corrected chi connectivity index (χ0v) is 13.9. The first-order valence-corrected chi connectivity index (χ1v) is 9.74. The van der Waals surface area contributed by atoms with Crippen molar-refractivity contribution in [2.24, 2.45) is 7.05 Å². The van der Waals surface area contributed by atoms with Crippen molar-refractivity contribution in [1.82, 2.24) is 14.5 Å². The Morgan fingerprint density at radius 2 is 2.18 bits per heavy atom. The summed E-state index contributed by atoms with van der Waals surface area (Å²) in [6, 6.07) is 0. The third-order valence-corrected chi connectivity index (χ3v) is 6.19. The maximum Gasteiger partial charge on any atom is 0.214 e. The molecule has 2 fully saturated rings. The van der Waals surface area contributed by atoms with E-state index in [1.54, 1.807) is 10.9 Å². The largest absolute Gasteiger partial charge is 0.371 e. The fraction of sp³-hybridized carbons (Fsp3) is 0.800. The van der Waals surface area contributed by atoms with E-state index in [0.29, 0.717) is 13.0 Å². The van der Waals surface area contributed by atoms with Gasteiger partial charge in [-0.15, -0.1) is 0 Å². The molecule has 1 spiro atoms. The van der Waals surface area contributed by atoms with Crippen molar-refractivity contribution in [2.45, 2.75) is 56.7 Å². The van der Waals surface area contributed by atoms with Crippen LogP contribution in [-0.4, -0.2) is 42.2 Å². The van der Waals surface area contributed by atoms with Crippen LogP contribution < -0.4 is 4.72 Å². The van der Waals surface area contributed by atoms with Crippen LogP contribution in [0, 0.1) is 0 Å². The molecule has 3 rings (SSSR count). The molecule has 1 aromatic heterocycles. The molecule has 1 aliphatic carbocycles. The van der Waals surface area contributed by atoms with E-state index in [4.69, 9.17) is 4.74 Å². The summed E-state index contributed by atoms with van der Waals surface area (Å²) in [5.74, 6) is 0.0851. The lowest BCUT2D eigenvalue weighted by molar-refractivity contribution is -0.161. The van der Waals surface area contributed by atoms with E-state index >= 15 is 0 Å². The Balaban J connectivity index is 1.46. The van der Waals surface area contributed by atoms with Gasteiger partial charge in [-0.2, -0.15) is 5.10 Å². The number of nitrogens with one attached hydrogen (secondary N) is 1. The lowest BCUT2D eigenvalue weighted by Gasteiger charge is -2.47. The van der Waals surface area contributed by atoms with Gasteiger partial charge in [-0.25, -0.2) is 13.1 Å². The minimum atomic E-state index is -3.28. The van der Waals surface area contributed by atoms with Crippen molar-refractivity contribution >= 4 is 10.0 Å². The first kappa shape index (κ1) is 16.0. The Morgan fingerprint density at radius 1 is 1.41 bits per heavy atom. The van der Waals surface area contributed by atoms with E-state index < -0.39 is 10.0 Å². The van der Waals surface area contributed by atoms with Gasteiger partial charge in [0.15, 0.2) is 0 Å². The Kier molecular flexibility index (Phi) is 4.56. The summed E-state index contributed by atoms with van der Waals surface area (Å²) in [7, 11) is -1.43. The highest BCUT2D eigenvalue weighted by Gasteiger charge is 2.43. The van der Waals surface area contributed by atoms with Crippen molar-refractivity contribution < 1.29 is 13.2 Å². The average Bonchev–Trinajstić information content (AvgIpc) is 2.82. The summed E-state index contributed by atoms with van der Waals surface area (Å²) in [4.78, 5) is 0. The van der Waals surface area contributed by atoms with Gasteiger partial charge < -0.3 is 4.74 Å². The molecule has 2 aliphatic rings. The van der Waals surface area contributed by atoms with Gasteiger partial charge in [0.25, 0.3) is 0 Å². The Morgan fingerprint density at radius 3 is 2.82 bits per heavy atom. The summed E-state index contributed by atoms with van der Waals surface area (Å²) < 4.78 is 34.9. The Hall–Kier alpha value is -0.920. The van der Waals surface area contributed by atoms with Crippen LogP contribution in [0.15, 0.2) is 12.4 Å². The first-order valence-electron chi connectivity index (χ1n) is 8.09. The quantitative estimate of drug-likeness (QED) is 0.856. The maximum absolute atomic E-state index is 12.2. The number of aromatic nitrogens is 2. The van der Waals surface area contributed by atoms with Gasteiger partial charge in [0.05, 0.1) is 23.7 Å². The molecular weight excluding hydrogens is 302 g/mol. The van der Waals surface area contributed by atoms with Gasteiger partial charge in [0, 0.05) is 19.8 Å². The molecule has 124 valence electrons. The minimum absolute atomic E-state index is 0.00808. The molecule has 0 radical (unpaired) electrons. The fourth-order valence-corrected chi connectivity index (χ4v) is 4.69. The average molecular weight is 327 g/mol. The molecule has 1 saturated carbocycles. The second-order valence-electron chi connectivity index (χ2n) is 6.62. The minimum Gasteiger partial charge on any atom is -0.371 e. The van der Waals surface area contributed by atoms with Crippen LogP contribution in [0.4, 0.5) is 0 Å². The van der Waals surface area contributed by atoms with E-state index in [2.05, 4.69) is 9.82 Å². The number of aryl methyl sites for hydroxylation is 1. The standard InChI is InChI=1S/C15H25N3O3S/c1-18-11-13(10-16-18)5-9-17-22(19,20)12-14-4-2-6-15(21-14)7-3-8-15/h10-11,14,17H,2-9,12H2,1H3. The Labute approximate surface area is 132 Å². The number of hydrogen-bond acceptors (Lipinski definition) is 4. The van der Waals surface area contributed by atoms with Gasteiger partial charge in [-0.1, -0.05) is 0 Å². The van der Waals surface area contributed by atoms with Crippen molar-refractivity contribution in [1.29, 1.82) is 0 Å². The predicted molar refractivity (Wildman–Crippen MR) is 84.0 cm³/mol. The molecule has 1 N–H and O–H groups in total. The van der Waals surface area contributed by atoms with Gasteiger partial charge in [0.1, 0.15) is 0 Å². The van der Waals surface area contributed by atoms with Crippen LogP contribution in [0.3, 0.4) is 0 Å². The number of sulfonamides is 1. The third kappa shape index (κ3) is 3.88. The lowest BCUT2D eigenvalue weighted by Crippen LogP contribution is -2.48. The molecular formula is C15H25N3O3S.